The largest absolute Gasteiger partial charge is 0.445 e. The number of fused-ring (bicyclic) bond motifs is 1. The van der Waals surface area contributed by atoms with Gasteiger partial charge in [-0.25, -0.2) is 4.79 Å². The van der Waals surface area contributed by atoms with Crippen LogP contribution < -0.4 is 0 Å². The molecule has 0 N–H and O–H groups in total. The van der Waals surface area contributed by atoms with E-state index >= 15 is 0 Å². The van der Waals surface area contributed by atoms with Gasteiger partial charge in [-0.05, 0) is 34.6 Å². The van der Waals surface area contributed by atoms with Crippen LogP contribution in [0, 0.1) is 0 Å². The van der Waals surface area contributed by atoms with Crippen molar-refractivity contribution in [2.75, 3.05) is 6.54 Å². The van der Waals surface area contributed by atoms with Crippen molar-refractivity contribution in [3.8, 4) is 0 Å². The number of nitrogens with zero attached hydrogens (tertiary/aromatic N) is 1. The van der Waals surface area contributed by atoms with Crippen molar-refractivity contribution >= 4 is 6.09 Å². The maximum absolute atomic E-state index is 12.3. The van der Waals surface area contributed by atoms with Crippen LogP contribution in [0.5, 0.6) is 0 Å². The molecule has 0 saturated carbocycles. The van der Waals surface area contributed by atoms with E-state index in [0.29, 0.717) is 19.1 Å². The molecule has 1 heterocycles. The van der Waals surface area contributed by atoms with E-state index in [2.05, 4.69) is 32.0 Å². The molecule has 1 aliphatic heterocycles. The minimum absolute atomic E-state index is 0.229. The third-order valence-corrected chi connectivity index (χ3v) is 4.37. The molecule has 0 aromatic heterocycles. The first-order valence-electron chi connectivity index (χ1n) is 8.21. The number of rotatable bonds is 3. The highest BCUT2D eigenvalue weighted by molar-refractivity contribution is 5.68. The highest BCUT2D eigenvalue weighted by atomic mass is 16.6. The molecule has 3 rings (SSSR count). The standard InChI is InChI=1S/C20H23NO2/c1-15(2)17-8-9-19-13-21(11-10-18(19)12-17)20(22)23-14-16-6-4-3-5-7-16/h3-9,12,15H,10-11,13-14H2,1-2H3. The van der Waals surface area contributed by atoms with Gasteiger partial charge in [-0.15, -0.1) is 0 Å². The Morgan fingerprint density at radius 3 is 2.65 bits per heavy atom. The molecule has 3 heteroatoms. The summed E-state index contributed by atoms with van der Waals surface area (Å²) in [7, 11) is 0. The van der Waals surface area contributed by atoms with Crippen molar-refractivity contribution < 1.29 is 9.53 Å². The van der Waals surface area contributed by atoms with Gasteiger partial charge in [0.2, 0.25) is 0 Å². The van der Waals surface area contributed by atoms with Gasteiger partial charge in [-0.2, -0.15) is 0 Å². The Bertz CT molecular complexity index is 679. The number of carbonyl (C=O) groups is 1. The Morgan fingerprint density at radius 2 is 1.91 bits per heavy atom. The second-order valence-corrected chi connectivity index (χ2v) is 6.39. The smallest absolute Gasteiger partial charge is 0.410 e. The molecule has 23 heavy (non-hydrogen) atoms. The molecular formula is C20H23NO2. The van der Waals surface area contributed by atoms with Gasteiger partial charge in [-0.3, -0.25) is 0 Å². The predicted molar refractivity (Wildman–Crippen MR) is 91.3 cm³/mol. The minimum Gasteiger partial charge on any atom is -0.445 e. The van der Waals surface area contributed by atoms with Crippen molar-refractivity contribution in [1.82, 2.24) is 4.90 Å². The summed E-state index contributed by atoms with van der Waals surface area (Å²) in [6.07, 6.45) is 0.670. The maximum Gasteiger partial charge on any atom is 0.410 e. The fourth-order valence-electron chi connectivity index (χ4n) is 2.90. The van der Waals surface area contributed by atoms with Crippen LogP contribution >= 0.6 is 0 Å². The molecule has 1 aliphatic rings. The molecule has 0 atom stereocenters. The first-order chi connectivity index (χ1) is 11.1. The molecule has 2 aromatic rings. The summed E-state index contributed by atoms with van der Waals surface area (Å²) < 4.78 is 5.43. The van der Waals surface area contributed by atoms with E-state index in [0.717, 1.165) is 18.5 Å². The Balaban J connectivity index is 1.61. The molecule has 0 saturated heterocycles. The highest BCUT2D eigenvalue weighted by Gasteiger charge is 2.22. The molecule has 120 valence electrons. The molecule has 2 aromatic carbocycles. The number of hydrogen-bond donors (Lipinski definition) is 0. The van der Waals surface area contributed by atoms with Gasteiger partial charge in [0.15, 0.2) is 0 Å². The molecule has 0 aliphatic carbocycles. The third kappa shape index (κ3) is 3.73. The first kappa shape index (κ1) is 15.6. The van der Waals surface area contributed by atoms with E-state index in [9.17, 15) is 4.79 Å². The third-order valence-electron chi connectivity index (χ3n) is 4.37. The Kier molecular flexibility index (Phi) is 4.65. The van der Waals surface area contributed by atoms with Crippen LogP contribution in [0.3, 0.4) is 0 Å². The van der Waals surface area contributed by atoms with Gasteiger partial charge < -0.3 is 9.64 Å². The zero-order chi connectivity index (χ0) is 16.2. The van der Waals surface area contributed by atoms with E-state index in [1.54, 1.807) is 4.90 Å². The summed E-state index contributed by atoms with van der Waals surface area (Å²) in [5.74, 6) is 0.536. The lowest BCUT2D eigenvalue weighted by Gasteiger charge is -2.28. The zero-order valence-corrected chi connectivity index (χ0v) is 13.8. The fraction of sp³-hybridized carbons (Fsp3) is 0.350. The molecule has 3 nitrogen and oxygen atoms in total. The lowest BCUT2D eigenvalue weighted by atomic mass is 9.93. The minimum atomic E-state index is -0.229. The lowest BCUT2D eigenvalue weighted by molar-refractivity contribution is 0.0918. The maximum atomic E-state index is 12.3. The van der Waals surface area contributed by atoms with Crippen LogP contribution in [0.4, 0.5) is 4.79 Å². The van der Waals surface area contributed by atoms with Crippen LogP contribution in [0.2, 0.25) is 0 Å². The SMILES string of the molecule is CC(C)c1ccc2c(c1)CCN(C(=O)OCc1ccccc1)C2. The van der Waals surface area contributed by atoms with E-state index in [1.165, 1.54) is 16.7 Å². The summed E-state index contributed by atoms with van der Waals surface area (Å²) in [6, 6.07) is 16.4. The molecule has 0 unspecified atom stereocenters. The van der Waals surface area contributed by atoms with E-state index in [-0.39, 0.29) is 6.09 Å². The molecule has 0 radical (unpaired) electrons. The predicted octanol–water partition coefficient (Wildman–Crippen LogP) is 4.50. The fourth-order valence-corrected chi connectivity index (χ4v) is 2.90. The number of carbonyl (C=O) groups excluding carboxylic acids is 1. The van der Waals surface area contributed by atoms with Gasteiger partial charge in [-0.1, -0.05) is 62.4 Å². The summed E-state index contributed by atoms with van der Waals surface area (Å²) >= 11 is 0. The average Bonchev–Trinajstić information content (AvgIpc) is 2.59. The second kappa shape index (κ2) is 6.86. The van der Waals surface area contributed by atoms with Crippen molar-refractivity contribution in [3.05, 3.63) is 70.8 Å². The number of amides is 1. The van der Waals surface area contributed by atoms with Gasteiger partial charge >= 0.3 is 6.09 Å². The Morgan fingerprint density at radius 1 is 1.13 bits per heavy atom. The average molecular weight is 309 g/mol. The molecular weight excluding hydrogens is 286 g/mol. The molecule has 0 fully saturated rings. The number of hydrogen-bond acceptors (Lipinski definition) is 2. The van der Waals surface area contributed by atoms with E-state index in [4.69, 9.17) is 4.74 Å². The summed E-state index contributed by atoms with van der Waals surface area (Å²) in [4.78, 5) is 14.1. The summed E-state index contributed by atoms with van der Waals surface area (Å²) in [5, 5.41) is 0. The van der Waals surface area contributed by atoms with Gasteiger partial charge in [0, 0.05) is 13.1 Å². The van der Waals surface area contributed by atoms with E-state index < -0.39 is 0 Å². The molecule has 0 spiro atoms. The van der Waals surface area contributed by atoms with Crippen molar-refractivity contribution in [2.24, 2.45) is 0 Å². The number of ether oxygens (including phenoxy) is 1. The Hall–Kier alpha value is -2.29. The second-order valence-electron chi connectivity index (χ2n) is 6.39. The highest BCUT2D eigenvalue weighted by Crippen LogP contribution is 2.24. The topological polar surface area (TPSA) is 29.5 Å². The summed E-state index contributed by atoms with van der Waals surface area (Å²) in [5.41, 5.74) is 4.98. The van der Waals surface area contributed by atoms with Crippen LogP contribution in [-0.4, -0.2) is 17.5 Å². The zero-order valence-electron chi connectivity index (χ0n) is 13.8. The monoisotopic (exact) mass is 309 g/mol. The first-order valence-corrected chi connectivity index (χ1v) is 8.21. The molecule has 0 bridgehead atoms. The van der Waals surface area contributed by atoms with Gasteiger partial charge in [0.1, 0.15) is 6.61 Å². The van der Waals surface area contributed by atoms with Gasteiger partial charge in [0.25, 0.3) is 0 Å². The van der Waals surface area contributed by atoms with Crippen molar-refractivity contribution in [1.29, 1.82) is 0 Å². The summed E-state index contributed by atoms with van der Waals surface area (Å²) in [6.45, 7) is 6.11. The van der Waals surface area contributed by atoms with Crippen molar-refractivity contribution in [3.63, 3.8) is 0 Å². The molecule has 1 amide bonds. The van der Waals surface area contributed by atoms with Crippen LogP contribution in [0.25, 0.3) is 0 Å². The Labute approximate surface area is 137 Å². The van der Waals surface area contributed by atoms with Crippen LogP contribution in [0.1, 0.15) is 42.0 Å². The van der Waals surface area contributed by atoms with Crippen LogP contribution in [-0.2, 0) is 24.3 Å². The normalized spacial score (nSPS) is 13.8. The number of benzene rings is 2. The van der Waals surface area contributed by atoms with Gasteiger partial charge in [0.05, 0.1) is 0 Å². The van der Waals surface area contributed by atoms with Crippen molar-refractivity contribution in [2.45, 2.75) is 39.3 Å². The van der Waals surface area contributed by atoms with E-state index in [1.807, 2.05) is 30.3 Å². The lowest BCUT2D eigenvalue weighted by Crippen LogP contribution is -2.36. The van der Waals surface area contributed by atoms with Crippen LogP contribution in [0.15, 0.2) is 48.5 Å². The quantitative estimate of drug-likeness (QED) is 0.835.